The molecule has 1 fully saturated rings. The summed E-state index contributed by atoms with van der Waals surface area (Å²) in [5.41, 5.74) is 3.72. The largest absolute Gasteiger partial charge is 0.356 e. The van der Waals surface area contributed by atoms with Gasteiger partial charge in [-0.1, -0.05) is 43.3 Å². The van der Waals surface area contributed by atoms with Gasteiger partial charge in [0.25, 0.3) is 0 Å². The second kappa shape index (κ2) is 10.7. The molecule has 33 heavy (non-hydrogen) atoms. The number of rotatable bonds is 8. The maximum absolute atomic E-state index is 13.9. The molecule has 0 atom stereocenters. The van der Waals surface area contributed by atoms with Crippen LogP contribution in [-0.2, 0) is 17.8 Å². The Balaban J connectivity index is 1.57. The highest BCUT2D eigenvalue weighted by Crippen LogP contribution is 2.38. The molecule has 2 aromatic carbocycles. The lowest BCUT2D eigenvalue weighted by atomic mass is 9.72. The van der Waals surface area contributed by atoms with Crippen molar-refractivity contribution in [2.75, 3.05) is 19.6 Å². The van der Waals surface area contributed by atoms with Crippen molar-refractivity contribution >= 4 is 5.91 Å². The number of hydrogen-bond donors (Lipinski definition) is 1. The van der Waals surface area contributed by atoms with Crippen LogP contribution in [0.15, 0.2) is 73.1 Å². The van der Waals surface area contributed by atoms with Gasteiger partial charge in [-0.05, 0) is 85.3 Å². The van der Waals surface area contributed by atoms with E-state index in [0.717, 1.165) is 55.6 Å². The monoisotopic (exact) mass is 445 g/mol. The van der Waals surface area contributed by atoms with Crippen LogP contribution in [0.3, 0.4) is 0 Å². The van der Waals surface area contributed by atoms with Crippen LogP contribution < -0.4 is 5.32 Å². The Labute approximate surface area is 195 Å². The predicted molar refractivity (Wildman–Crippen MR) is 130 cm³/mol. The molecule has 0 saturated carbocycles. The van der Waals surface area contributed by atoms with Crippen molar-refractivity contribution < 1.29 is 9.18 Å². The van der Waals surface area contributed by atoms with Gasteiger partial charge in [0.1, 0.15) is 5.82 Å². The molecule has 1 aliphatic heterocycles. The summed E-state index contributed by atoms with van der Waals surface area (Å²) in [6.45, 7) is 5.36. The van der Waals surface area contributed by atoms with E-state index in [-0.39, 0.29) is 11.7 Å². The molecule has 0 spiro atoms. The van der Waals surface area contributed by atoms with Crippen molar-refractivity contribution in [3.05, 3.63) is 90.0 Å². The van der Waals surface area contributed by atoms with Gasteiger partial charge in [-0.25, -0.2) is 4.39 Å². The molecule has 2 heterocycles. The van der Waals surface area contributed by atoms with Crippen molar-refractivity contribution in [3.8, 4) is 11.1 Å². The van der Waals surface area contributed by atoms with Crippen molar-refractivity contribution in [2.24, 2.45) is 5.41 Å². The number of nitrogens with one attached hydrogen (secondary N) is 1. The zero-order valence-corrected chi connectivity index (χ0v) is 19.3. The maximum Gasteiger partial charge on any atom is 0.226 e. The Bertz CT molecular complexity index is 1060. The molecule has 1 amide bonds. The smallest absolute Gasteiger partial charge is 0.226 e. The number of hydrogen-bond acceptors (Lipinski definition) is 3. The van der Waals surface area contributed by atoms with Crippen molar-refractivity contribution in [3.63, 3.8) is 0 Å². The summed E-state index contributed by atoms with van der Waals surface area (Å²) in [7, 11) is 0. The Morgan fingerprint density at radius 1 is 1.06 bits per heavy atom. The maximum atomic E-state index is 13.9. The average Bonchev–Trinajstić information content (AvgIpc) is 2.85. The first-order valence-electron chi connectivity index (χ1n) is 11.8. The van der Waals surface area contributed by atoms with E-state index in [1.807, 2.05) is 48.8 Å². The lowest BCUT2D eigenvalue weighted by Gasteiger charge is -2.41. The molecule has 4 rings (SSSR count). The highest BCUT2D eigenvalue weighted by atomic mass is 19.1. The zero-order chi connectivity index (χ0) is 23.1. The fourth-order valence-corrected chi connectivity index (χ4v) is 4.77. The molecule has 1 N–H and O–H groups in total. The van der Waals surface area contributed by atoms with Gasteiger partial charge in [-0.15, -0.1) is 0 Å². The van der Waals surface area contributed by atoms with Crippen LogP contribution in [0.2, 0.25) is 0 Å². The van der Waals surface area contributed by atoms with E-state index in [2.05, 4.69) is 28.2 Å². The van der Waals surface area contributed by atoms with Gasteiger partial charge in [-0.3, -0.25) is 14.7 Å². The Kier molecular flexibility index (Phi) is 7.50. The van der Waals surface area contributed by atoms with Gasteiger partial charge in [-0.2, -0.15) is 0 Å². The molecule has 1 aliphatic rings. The topological polar surface area (TPSA) is 45.2 Å². The third-order valence-electron chi connectivity index (χ3n) is 6.67. The molecular formula is C28H32FN3O. The third-order valence-corrected chi connectivity index (χ3v) is 6.67. The van der Waals surface area contributed by atoms with Crippen LogP contribution in [0.5, 0.6) is 0 Å². The lowest BCUT2D eigenvalue weighted by Crippen LogP contribution is -2.50. The van der Waals surface area contributed by atoms with Crippen molar-refractivity contribution in [2.45, 2.75) is 39.2 Å². The molecular weight excluding hydrogens is 413 g/mol. The molecule has 1 aromatic heterocycles. The molecule has 172 valence electrons. The number of benzene rings is 2. The summed E-state index contributed by atoms with van der Waals surface area (Å²) in [6.07, 6.45) is 6.81. The predicted octanol–water partition coefficient (Wildman–Crippen LogP) is 5.24. The number of halogens is 1. The van der Waals surface area contributed by atoms with Crippen molar-refractivity contribution in [1.82, 2.24) is 15.2 Å². The normalized spacial score (nSPS) is 15.8. The molecule has 4 nitrogen and oxygen atoms in total. The fourth-order valence-electron chi connectivity index (χ4n) is 4.77. The third kappa shape index (κ3) is 5.66. The lowest BCUT2D eigenvalue weighted by molar-refractivity contribution is -0.134. The van der Waals surface area contributed by atoms with E-state index in [1.54, 1.807) is 12.1 Å². The molecule has 0 aliphatic carbocycles. The molecule has 0 unspecified atom stereocenters. The van der Waals surface area contributed by atoms with Gasteiger partial charge in [0, 0.05) is 25.5 Å². The number of pyridine rings is 1. The van der Waals surface area contributed by atoms with Gasteiger partial charge >= 0.3 is 0 Å². The zero-order valence-electron chi connectivity index (χ0n) is 19.3. The number of carbonyl (C=O) groups excluding carboxylic acids is 1. The van der Waals surface area contributed by atoms with Crippen LogP contribution in [0.4, 0.5) is 4.39 Å². The molecule has 0 radical (unpaired) electrons. The van der Waals surface area contributed by atoms with E-state index in [1.165, 1.54) is 11.6 Å². The summed E-state index contributed by atoms with van der Waals surface area (Å²) >= 11 is 0. The van der Waals surface area contributed by atoms with Crippen LogP contribution >= 0.6 is 0 Å². The Morgan fingerprint density at radius 3 is 2.55 bits per heavy atom. The number of aromatic nitrogens is 1. The average molecular weight is 446 g/mol. The van der Waals surface area contributed by atoms with Gasteiger partial charge in [0.05, 0.1) is 5.41 Å². The number of nitrogens with zero attached hydrogens (tertiary/aromatic N) is 2. The first kappa shape index (κ1) is 23.1. The van der Waals surface area contributed by atoms with Crippen LogP contribution in [0.1, 0.15) is 37.3 Å². The van der Waals surface area contributed by atoms with E-state index in [0.29, 0.717) is 13.0 Å². The van der Waals surface area contributed by atoms with Gasteiger partial charge in [0.2, 0.25) is 5.91 Å². The van der Waals surface area contributed by atoms with E-state index in [4.69, 9.17) is 0 Å². The number of piperidine rings is 1. The number of carbonyl (C=O) groups is 1. The number of likely N-dealkylation sites (tertiary alicyclic amines) is 1. The molecule has 1 saturated heterocycles. The second-order valence-corrected chi connectivity index (χ2v) is 9.01. The second-order valence-electron chi connectivity index (χ2n) is 9.01. The first-order valence-corrected chi connectivity index (χ1v) is 11.8. The summed E-state index contributed by atoms with van der Waals surface area (Å²) in [6, 6.07) is 18.9. The van der Waals surface area contributed by atoms with E-state index < -0.39 is 5.41 Å². The molecule has 5 heteroatoms. The van der Waals surface area contributed by atoms with Crippen LogP contribution in [-0.4, -0.2) is 35.4 Å². The minimum absolute atomic E-state index is 0.141. The van der Waals surface area contributed by atoms with Crippen molar-refractivity contribution in [1.29, 1.82) is 0 Å². The van der Waals surface area contributed by atoms with Crippen LogP contribution in [0, 0.1) is 11.2 Å². The number of amides is 1. The summed E-state index contributed by atoms with van der Waals surface area (Å²) < 4.78 is 13.9. The highest BCUT2D eigenvalue weighted by Gasteiger charge is 2.41. The molecule has 3 aromatic rings. The molecule has 0 bridgehead atoms. The van der Waals surface area contributed by atoms with E-state index in [9.17, 15) is 9.18 Å². The van der Waals surface area contributed by atoms with Crippen LogP contribution in [0.25, 0.3) is 11.1 Å². The SMILES string of the molecule is CCCNC(=O)C1(Cc2ccccc2-c2cccc(F)c2)CCN(Cc2ccncc2)CC1. The van der Waals surface area contributed by atoms with E-state index >= 15 is 0 Å². The quantitative estimate of drug-likeness (QED) is 0.516. The first-order chi connectivity index (χ1) is 16.1. The Morgan fingerprint density at radius 2 is 1.82 bits per heavy atom. The standard InChI is InChI=1S/C28H32FN3O/c1-2-14-31-27(33)28(12-17-32(18-13-28)21-22-10-15-30-16-11-22)20-24-6-3-4-9-26(24)23-7-5-8-25(29)19-23/h3-11,15-16,19H,2,12-14,17-18,20-21H2,1H3,(H,31,33). The Hall–Kier alpha value is -3.05. The minimum atomic E-state index is -0.465. The summed E-state index contributed by atoms with van der Waals surface area (Å²) in [5, 5.41) is 3.17. The summed E-state index contributed by atoms with van der Waals surface area (Å²) in [4.78, 5) is 20.0. The van der Waals surface area contributed by atoms with Gasteiger partial charge in [0.15, 0.2) is 0 Å². The fraction of sp³-hybridized carbons (Fsp3) is 0.357. The summed E-state index contributed by atoms with van der Waals surface area (Å²) in [5.74, 6) is -0.107. The van der Waals surface area contributed by atoms with Gasteiger partial charge < -0.3 is 5.32 Å². The minimum Gasteiger partial charge on any atom is -0.356 e. The highest BCUT2D eigenvalue weighted by molar-refractivity contribution is 5.83.